The lowest BCUT2D eigenvalue weighted by Gasteiger charge is -2.24. The lowest BCUT2D eigenvalue weighted by atomic mass is 9.92. The maximum Gasteiger partial charge on any atom is 0.573 e. The fourth-order valence-corrected chi connectivity index (χ4v) is 6.83. The second-order valence-electron chi connectivity index (χ2n) is 13.8. The van der Waals surface area contributed by atoms with Gasteiger partial charge in [0.05, 0.1) is 23.8 Å². The van der Waals surface area contributed by atoms with Gasteiger partial charge >= 0.3 is 12.7 Å². The maximum atomic E-state index is 12.5. The monoisotopic (exact) mass is 838 g/mol. The molecule has 0 saturated heterocycles. The summed E-state index contributed by atoms with van der Waals surface area (Å²) in [7, 11) is 0. The van der Waals surface area contributed by atoms with Crippen molar-refractivity contribution in [2.45, 2.75) is 88.3 Å². The molecule has 8 rings (SSSR count). The van der Waals surface area contributed by atoms with E-state index in [4.69, 9.17) is 30.5 Å². The fourth-order valence-electron chi connectivity index (χ4n) is 6.69. The molecule has 2 saturated carbocycles. The molecule has 0 atom stereocenters. The zero-order valence-corrected chi connectivity index (χ0v) is 31.9. The first-order valence-corrected chi connectivity index (χ1v) is 18.9. The van der Waals surface area contributed by atoms with Gasteiger partial charge in [0, 0.05) is 48.9 Å². The van der Waals surface area contributed by atoms with Gasteiger partial charge in [-0.05, 0) is 74.2 Å². The van der Waals surface area contributed by atoms with Crippen LogP contribution in [0.1, 0.15) is 51.4 Å². The summed E-state index contributed by atoms with van der Waals surface area (Å²) in [6.07, 6.45) is 1.26. The second kappa shape index (κ2) is 18.6. The zero-order chi connectivity index (χ0) is 42.2. The van der Waals surface area contributed by atoms with Crippen molar-refractivity contribution in [2.24, 2.45) is 5.73 Å². The van der Waals surface area contributed by atoms with Gasteiger partial charge in [0.2, 0.25) is 12.1 Å². The third-order valence-corrected chi connectivity index (χ3v) is 9.78. The number of rotatable bonds is 6. The molecule has 3 N–H and O–H groups in total. The fraction of sp³-hybridized carbons (Fsp3) is 0.350. The number of aromatic nitrogens is 6. The molecule has 2 aliphatic rings. The Morgan fingerprint density at radius 1 is 0.661 bits per heavy atom. The van der Waals surface area contributed by atoms with Gasteiger partial charge < -0.3 is 30.2 Å². The van der Waals surface area contributed by atoms with E-state index in [1.54, 1.807) is 41.0 Å². The highest BCUT2D eigenvalue weighted by Crippen LogP contribution is 2.31. The van der Waals surface area contributed by atoms with E-state index in [0.717, 1.165) is 51.4 Å². The van der Waals surface area contributed by atoms with Crippen LogP contribution in [-0.2, 0) is 0 Å². The number of nitrogens with one attached hydrogen (secondary N) is 1. The van der Waals surface area contributed by atoms with Crippen LogP contribution in [-0.4, -0.2) is 66.1 Å². The van der Waals surface area contributed by atoms with Crippen LogP contribution in [0.25, 0.3) is 43.5 Å². The van der Waals surface area contributed by atoms with Crippen LogP contribution in [0, 0.1) is 13.1 Å². The maximum absolute atomic E-state index is 12.5. The largest absolute Gasteiger partial charge is 0.573 e. The van der Waals surface area contributed by atoms with Crippen LogP contribution in [0.15, 0.2) is 85.2 Å². The van der Waals surface area contributed by atoms with Crippen LogP contribution in [0.2, 0.25) is 5.15 Å². The molecule has 0 radical (unpaired) electrons. The highest BCUT2D eigenvalue weighted by Gasteiger charge is 2.32. The number of nitrogens with two attached hydrogens (primary N) is 1. The lowest BCUT2D eigenvalue weighted by Crippen LogP contribution is -2.27. The molecular weight excluding hydrogens is 802 g/mol. The molecule has 0 spiro atoms. The number of nitrogens with zero attached hydrogens (tertiary/aromatic N) is 8. The number of imidazole rings is 2. The van der Waals surface area contributed by atoms with E-state index in [1.165, 1.54) is 47.1 Å². The SMILES string of the molecule is FC(F)(F)Oc1cccc(-c2cnc3ccc(Cl)nn23)c1.[C-]#[N+]C1CCC(N)CC1.[C-]#[N+]C1CCC(Nc2ccc3ncc(-c4cccc(OC(F)(F)F)c4)n3n2)CC1. The molecule has 59 heavy (non-hydrogen) atoms. The minimum Gasteiger partial charge on any atom is -0.406 e. The Kier molecular flexibility index (Phi) is 13.4. The number of alkyl halides is 6. The topological polar surface area (TPSA) is 126 Å². The lowest BCUT2D eigenvalue weighted by molar-refractivity contribution is -0.275. The molecule has 0 amide bonds. The summed E-state index contributed by atoms with van der Waals surface area (Å²) in [4.78, 5) is 15.5. The number of anilines is 1. The summed E-state index contributed by atoms with van der Waals surface area (Å²) < 4.78 is 85.3. The van der Waals surface area contributed by atoms with Crippen LogP contribution >= 0.6 is 11.6 Å². The van der Waals surface area contributed by atoms with Gasteiger partial charge in [0.1, 0.15) is 22.5 Å². The second-order valence-corrected chi connectivity index (χ2v) is 14.2. The molecule has 0 aliphatic heterocycles. The van der Waals surface area contributed by atoms with Gasteiger partial charge in [-0.1, -0.05) is 35.9 Å². The van der Waals surface area contributed by atoms with Crippen LogP contribution in [0.5, 0.6) is 11.5 Å². The number of fused-ring (bicyclic) bond motifs is 2. The highest BCUT2D eigenvalue weighted by atomic mass is 35.5. The average molecular weight is 839 g/mol. The Bertz CT molecular complexity index is 2420. The van der Waals surface area contributed by atoms with E-state index in [-0.39, 0.29) is 34.8 Å². The molecule has 308 valence electrons. The summed E-state index contributed by atoms with van der Waals surface area (Å²) in [6.45, 7) is 13.9. The Morgan fingerprint density at radius 2 is 1.14 bits per heavy atom. The van der Waals surface area contributed by atoms with Crippen molar-refractivity contribution in [2.75, 3.05) is 5.32 Å². The first-order chi connectivity index (χ1) is 28.2. The Morgan fingerprint density at radius 3 is 1.63 bits per heavy atom. The summed E-state index contributed by atoms with van der Waals surface area (Å²) in [5.74, 6) is 0.0542. The van der Waals surface area contributed by atoms with E-state index in [0.29, 0.717) is 45.7 Å². The van der Waals surface area contributed by atoms with Gasteiger partial charge in [-0.2, -0.15) is 5.10 Å². The van der Waals surface area contributed by atoms with Crippen molar-refractivity contribution in [3.05, 3.63) is 113 Å². The van der Waals surface area contributed by atoms with Gasteiger partial charge in [0.25, 0.3) is 0 Å². The summed E-state index contributed by atoms with van der Waals surface area (Å²) in [5, 5.41) is 12.3. The summed E-state index contributed by atoms with van der Waals surface area (Å²) in [6, 6.07) is 19.2. The van der Waals surface area contributed by atoms with E-state index < -0.39 is 12.7 Å². The molecule has 2 aromatic carbocycles. The van der Waals surface area contributed by atoms with E-state index in [2.05, 4.69) is 44.6 Å². The minimum absolute atomic E-state index is 0.106. The number of hydrogen-bond donors (Lipinski definition) is 2. The first-order valence-electron chi connectivity index (χ1n) is 18.5. The van der Waals surface area contributed by atoms with Gasteiger partial charge in [0.15, 0.2) is 11.3 Å². The predicted octanol–water partition coefficient (Wildman–Crippen LogP) is 10.1. The predicted molar refractivity (Wildman–Crippen MR) is 208 cm³/mol. The van der Waals surface area contributed by atoms with Crippen molar-refractivity contribution in [3.63, 3.8) is 0 Å². The average Bonchev–Trinajstić information content (AvgIpc) is 3.82. The molecule has 19 heteroatoms. The molecular formula is C40H37ClF6N10O2. The molecule has 2 fully saturated rings. The van der Waals surface area contributed by atoms with Crippen molar-refractivity contribution < 1.29 is 35.8 Å². The molecule has 12 nitrogen and oxygen atoms in total. The van der Waals surface area contributed by atoms with Crippen molar-refractivity contribution in [3.8, 4) is 34.0 Å². The van der Waals surface area contributed by atoms with Crippen LogP contribution in [0.4, 0.5) is 32.2 Å². The summed E-state index contributed by atoms with van der Waals surface area (Å²) in [5.41, 5.74) is 8.85. The number of ether oxygens (including phenoxy) is 2. The Hall–Kier alpha value is -6.11. The number of halogens is 7. The van der Waals surface area contributed by atoms with E-state index in [1.807, 2.05) is 6.07 Å². The van der Waals surface area contributed by atoms with Gasteiger partial charge in [-0.3, -0.25) is 0 Å². The minimum atomic E-state index is -4.75. The first kappa shape index (κ1) is 42.5. The highest BCUT2D eigenvalue weighted by molar-refractivity contribution is 6.29. The van der Waals surface area contributed by atoms with Gasteiger partial charge in [-0.15, -0.1) is 31.4 Å². The van der Waals surface area contributed by atoms with E-state index >= 15 is 0 Å². The molecule has 2 aliphatic carbocycles. The van der Waals surface area contributed by atoms with E-state index in [9.17, 15) is 26.3 Å². The third kappa shape index (κ3) is 12.0. The smallest absolute Gasteiger partial charge is 0.406 e. The van der Waals surface area contributed by atoms with Crippen molar-refractivity contribution in [1.29, 1.82) is 0 Å². The van der Waals surface area contributed by atoms with Gasteiger partial charge in [-0.25, -0.2) is 32.1 Å². The van der Waals surface area contributed by atoms with Crippen LogP contribution in [0.3, 0.4) is 0 Å². The molecule has 6 aromatic rings. The number of hydrogen-bond acceptors (Lipinski definition) is 8. The molecule has 0 unspecified atom stereocenters. The third-order valence-electron chi connectivity index (χ3n) is 9.57. The summed E-state index contributed by atoms with van der Waals surface area (Å²) >= 11 is 5.82. The molecule has 4 aromatic heterocycles. The Balaban J connectivity index is 0.000000169. The molecule has 4 heterocycles. The number of benzene rings is 2. The quantitative estimate of drug-likeness (QED) is 0.126. The van der Waals surface area contributed by atoms with Crippen LogP contribution < -0.4 is 20.5 Å². The normalized spacial score (nSPS) is 19.3. The standard InChI is InChI=1S/C20H18F3N5O.C13H7ClF3N3O.C7H12N2/c1-24-14-5-7-15(8-6-14)26-18-9-10-19-25-12-17(28(19)27-18)13-3-2-4-16(11-13)29-20(21,22)23;14-11-4-5-12-18-7-10(20(12)19-11)8-2-1-3-9(6-8)21-13(15,16)17;1-9-7-4-2-6(8)3-5-7/h2-4,9-12,14-15H,5-8H2,(H,26,27);1-7H;6-7H,2-5,8H2. The Labute approximate surface area is 339 Å². The van der Waals surface area contributed by atoms with Crippen molar-refractivity contribution in [1.82, 2.24) is 29.2 Å². The van der Waals surface area contributed by atoms with Crippen molar-refractivity contribution >= 4 is 28.7 Å². The molecule has 0 bridgehead atoms. The zero-order valence-electron chi connectivity index (χ0n) is 31.2.